The molecule has 0 spiro atoms. The van der Waals surface area contributed by atoms with Crippen LogP contribution in [0, 0.1) is 0 Å². The van der Waals surface area contributed by atoms with Gasteiger partial charge in [-0.25, -0.2) is 0 Å². The van der Waals surface area contributed by atoms with Gasteiger partial charge in [0.25, 0.3) is 11.7 Å². The van der Waals surface area contributed by atoms with E-state index in [2.05, 4.69) is 5.32 Å². The maximum absolute atomic E-state index is 11.8. The van der Waals surface area contributed by atoms with Crippen LogP contribution in [-0.2, 0) is 9.59 Å². The summed E-state index contributed by atoms with van der Waals surface area (Å²) in [7, 11) is 1.51. The minimum absolute atomic E-state index is 0.125. The van der Waals surface area contributed by atoms with Crippen LogP contribution >= 0.6 is 11.6 Å². The molecule has 0 saturated heterocycles. The third kappa shape index (κ3) is 1.97. The largest absolute Gasteiger partial charge is 0.359 e. The van der Waals surface area contributed by atoms with Gasteiger partial charge >= 0.3 is 0 Å². The van der Waals surface area contributed by atoms with Gasteiger partial charge in [0.1, 0.15) is 0 Å². The molecule has 6 heteroatoms. The molecule has 0 aromatic heterocycles. The normalized spacial score (nSPS) is 13.8. The van der Waals surface area contributed by atoms with E-state index in [9.17, 15) is 14.4 Å². The Bertz CT molecular complexity index is 542. The molecule has 1 aromatic rings. The fourth-order valence-electron chi connectivity index (χ4n) is 1.86. The van der Waals surface area contributed by atoms with E-state index >= 15 is 0 Å². The van der Waals surface area contributed by atoms with Gasteiger partial charge in [0.15, 0.2) is 0 Å². The van der Waals surface area contributed by atoms with E-state index in [0.29, 0.717) is 16.3 Å². The van der Waals surface area contributed by atoms with Crippen molar-refractivity contribution < 1.29 is 14.4 Å². The summed E-state index contributed by atoms with van der Waals surface area (Å²) in [6.45, 7) is 0.140. The fourth-order valence-corrected chi connectivity index (χ4v) is 2.14. The number of ketones is 1. The van der Waals surface area contributed by atoms with Gasteiger partial charge in [0, 0.05) is 20.0 Å². The highest BCUT2D eigenvalue weighted by molar-refractivity contribution is 6.54. The van der Waals surface area contributed by atoms with Crippen LogP contribution in [0.15, 0.2) is 18.2 Å². The van der Waals surface area contributed by atoms with Crippen molar-refractivity contribution >= 4 is 34.9 Å². The number of rotatable bonds is 3. The van der Waals surface area contributed by atoms with E-state index in [-0.39, 0.29) is 18.9 Å². The van der Waals surface area contributed by atoms with Gasteiger partial charge in [0.05, 0.1) is 16.3 Å². The summed E-state index contributed by atoms with van der Waals surface area (Å²) in [5, 5.41) is 2.80. The molecule has 5 nitrogen and oxygen atoms in total. The zero-order chi connectivity index (χ0) is 13.3. The summed E-state index contributed by atoms with van der Waals surface area (Å²) in [5.41, 5.74) is 0.697. The fraction of sp³-hybridized carbons (Fsp3) is 0.250. The minimum Gasteiger partial charge on any atom is -0.359 e. The van der Waals surface area contributed by atoms with Crippen molar-refractivity contribution in [3.63, 3.8) is 0 Å². The lowest BCUT2D eigenvalue weighted by Gasteiger charge is -2.16. The van der Waals surface area contributed by atoms with Crippen LogP contribution in [0.25, 0.3) is 0 Å². The number of hydrogen-bond donors (Lipinski definition) is 1. The van der Waals surface area contributed by atoms with Gasteiger partial charge in [-0.05, 0) is 12.1 Å². The van der Waals surface area contributed by atoms with Crippen LogP contribution < -0.4 is 10.2 Å². The minimum atomic E-state index is -0.637. The maximum atomic E-state index is 11.8. The SMILES string of the molecule is CNC(=O)CCN1C(=O)C(=O)c2cccc(Cl)c21. The number of para-hydroxylation sites is 1. The standard InChI is InChI=1S/C12H11ClN2O3/c1-14-9(16)5-6-15-10-7(11(17)12(15)18)3-2-4-8(10)13/h2-4H,5-6H2,1H3,(H,14,16). The van der Waals surface area contributed by atoms with Crippen molar-refractivity contribution in [3.05, 3.63) is 28.8 Å². The Balaban J connectivity index is 2.31. The molecular weight excluding hydrogens is 256 g/mol. The first-order valence-electron chi connectivity index (χ1n) is 5.41. The summed E-state index contributed by atoms with van der Waals surface area (Å²) in [4.78, 5) is 36.0. The first-order valence-corrected chi connectivity index (χ1v) is 5.79. The Labute approximate surface area is 109 Å². The van der Waals surface area contributed by atoms with Gasteiger partial charge in [0.2, 0.25) is 5.91 Å². The van der Waals surface area contributed by atoms with Crippen LogP contribution in [0.4, 0.5) is 5.69 Å². The van der Waals surface area contributed by atoms with Crippen molar-refractivity contribution in [2.75, 3.05) is 18.5 Å². The summed E-state index contributed by atoms with van der Waals surface area (Å²) >= 11 is 6.00. The van der Waals surface area contributed by atoms with E-state index in [1.54, 1.807) is 18.2 Å². The number of Topliss-reactive ketones (excluding diaryl/α,β-unsaturated/α-hetero) is 1. The molecule has 0 aliphatic carbocycles. The van der Waals surface area contributed by atoms with Crippen LogP contribution in [0.1, 0.15) is 16.8 Å². The third-order valence-electron chi connectivity index (χ3n) is 2.78. The van der Waals surface area contributed by atoms with Gasteiger partial charge in [-0.1, -0.05) is 17.7 Å². The molecule has 2 amide bonds. The van der Waals surface area contributed by atoms with Gasteiger partial charge in [-0.15, -0.1) is 0 Å². The molecule has 1 aromatic carbocycles. The van der Waals surface area contributed by atoms with Crippen LogP contribution in [0.5, 0.6) is 0 Å². The molecular formula is C12H11ClN2O3. The Morgan fingerprint density at radius 3 is 2.78 bits per heavy atom. The summed E-state index contributed by atoms with van der Waals surface area (Å²) in [5.74, 6) is -1.41. The molecule has 0 radical (unpaired) electrons. The number of anilines is 1. The lowest BCUT2D eigenvalue weighted by atomic mass is 10.1. The molecule has 0 bridgehead atoms. The van der Waals surface area contributed by atoms with Gasteiger partial charge in [-0.3, -0.25) is 14.4 Å². The molecule has 1 aliphatic rings. The van der Waals surface area contributed by atoms with E-state index in [1.165, 1.54) is 11.9 Å². The average Bonchev–Trinajstić information content (AvgIpc) is 2.61. The Kier molecular flexibility index (Phi) is 3.34. The summed E-state index contributed by atoms with van der Waals surface area (Å²) < 4.78 is 0. The van der Waals surface area contributed by atoms with Crippen molar-refractivity contribution in [3.8, 4) is 0 Å². The quantitative estimate of drug-likeness (QED) is 0.830. The number of hydrogen-bond acceptors (Lipinski definition) is 3. The number of nitrogens with one attached hydrogen (secondary N) is 1. The number of halogens is 1. The van der Waals surface area contributed by atoms with Crippen molar-refractivity contribution in [2.24, 2.45) is 0 Å². The van der Waals surface area contributed by atoms with E-state index in [1.807, 2.05) is 0 Å². The highest BCUT2D eigenvalue weighted by Gasteiger charge is 2.37. The predicted molar refractivity (Wildman–Crippen MR) is 66.8 cm³/mol. The first-order chi connectivity index (χ1) is 8.56. The predicted octanol–water partition coefficient (Wildman–Crippen LogP) is 1.01. The zero-order valence-electron chi connectivity index (χ0n) is 9.70. The molecule has 1 N–H and O–H groups in total. The van der Waals surface area contributed by atoms with Crippen molar-refractivity contribution in [1.82, 2.24) is 5.32 Å². The Morgan fingerprint density at radius 2 is 2.11 bits per heavy atom. The lowest BCUT2D eigenvalue weighted by molar-refractivity contribution is -0.120. The van der Waals surface area contributed by atoms with E-state index < -0.39 is 11.7 Å². The molecule has 0 unspecified atom stereocenters. The number of carbonyl (C=O) groups is 3. The molecule has 0 fully saturated rings. The van der Waals surface area contributed by atoms with Gasteiger partial charge in [-0.2, -0.15) is 0 Å². The molecule has 1 aliphatic heterocycles. The molecule has 0 atom stereocenters. The van der Waals surface area contributed by atoms with Gasteiger partial charge < -0.3 is 10.2 Å². The highest BCUT2D eigenvalue weighted by atomic mass is 35.5. The second-order valence-corrected chi connectivity index (χ2v) is 4.25. The molecule has 18 heavy (non-hydrogen) atoms. The van der Waals surface area contributed by atoms with Crippen LogP contribution in [0.2, 0.25) is 5.02 Å². The lowest BCUT2D eigenvalue weighted by Crippen LogP contribution is -2.33. The Morgan fingerprint density at radius 1 is 1.39 bits per heavy atom. The number of benzene rings is 1. The third-order valence-corrected chi connectivity index (χ3v) is 3.09. The van der Waals surface area contributed by atoms with E-state index in [0.717, 1.165) is 0 Å². The number of carbonyl (C=O) groups excluding carboxylic acids is 3. The monoisotopic (exact) mass is 266 g/mol. The highest BCUT2D eigenvalue weighted by Crippen LogP contribution is 2.35. The second-order valence-electron chi connectivity index (χ2n) is 3.85. The molecule has 1 heterocycles. The summed E-state index contributed by atoms with van der Waals surface area (Å²) in [6, 6.07) is 4.79. The molecule has 2 rings (SSSR count). The smallest absolute Gasteiger partial charge is 0.299 e. The number of amides is 2. The van der Waals surface area contributed by atoms with Crippen molar-refractivity contribution in [2.45, 2.75) is 6.42 Å². The first kappa shape index (κ1) is 12.6. The average molecular weight is 267 g/mol. The zero-order valence-corrected chi connectivity index (χ0v) is 10.5. The van der Waals surface area contributed by atoms with Crippen molar-refractivity contribution in [1.29, 1.82) is 0 Å². The van der Waals surface area contributed by atoms with Crippen LogP contribution in [-0.4, -0.2) is 31.2 Å². The van der Waals surface area contributed by atoms with E-state index in [4.69, 9.17) is 11.6 Å². The topological polar surface area (TPSA) is 66.5 Å². The molecule has 0 saturated carbocycles. The van der Waals surface area contributed by atoms with Crippen LogP contribution in [0.3, 0.4) is 0 Å². The second kappa shape index (κ2) is 4.78. The summed E-state index contributed by atoms with van der Waals surface area (Å²) in [6.07, 6.45) is 0.125. The maximum Gasteiger partial charge on any atom is 0.299 e. The molecule has 94 valence electrons. The number of fused-ring (bicyclic) bond motifs is 1. The number of nitrogens with zero attached hydrogens (tertiary/aromatic N) is 1. The Hall–Kier alpha value is -1.88.